The summed E-state index contributed by atoms with van der Waals surface area (Å²) < 4.78 is 11.7. The summed E-state index contributed by atoms with van der Waals surface area (Å²) in [5.74, 6) is -0.0990. The van der Waals surface area contributed by atoms with Crippen LogP contribution in [-0.4, -0.2) is 49.8 Å². The quantitative estimate of drug-likeness (QED) is 0.680. The van der Waals surface area contributed by atoms with Gasteiger partial charge < -0.3 is 14.4 Å². The molecule has 0 amide bonds. The van der Waals surface area contributed by atoms with Crippen LogP contribution < -0.4 is 0 Å². The maximum Gasteiger partial charge on any atom is 0.169 e. The van der Waals surface area contributed by atoms with Crippen molar-refractivity contribution in [1.82, 2.24) is 4.90 Å². The van der Waals surface area contributed by atoms with Gasteiger partial charge in [-0.1, -0.05) is 0 Å². The minimum Gasteiger partial charge on any atom is -0.347 e. The van der Waals surface area contributed by atoms with Crippen LogP contribution >= 0.6 is 0 Å². The molecule has 0 aromatic rings. The Hall–Kier alpha value is -0.450. The van der Waals surface area contributed by atoms with Crippen molar-refractivity contribution in [3.05, 3.63) is 0 Å². The van der Waals surface area contributed by atoms with Gasteiger partial charge in [0.1, 0.15) is 5.78 Å². The van der Waals surface area contributed by atoms with Gasteiger partial charge in [0.2, 0.25) is 0 Å². The lowest BCUT2D eigenvalue weighted by Gasteiger charge is -2.31. The van der Waals surface area contributed by atoms with Gasteiger partial charge in [-0.05, 0) is 14.1 Å². The van der Waals surface area contributed by atoms with Crippen LogP contribution in [0.25, 0.3) is 0 Å². The smallest absolute Gasteiger partial charge is 0.169 e. The van der Waals surface area contributed by atoms with E-state index in [1.165, 1.54) is 0 Å². The van der Waals surface area contributed by atoms with Crippen molar-refractivity contribution in [3.63, 3.8) is 0 Å². The first kappa shape index (κ1) is 11.0. The number of hydrogen-bond donors (Lipinski definition) is 0. The summed E-state index contributed by atoms with van der Waals surface area (Å²) in [4.78, 5) is 13.2. The maximum absolute atomic E-state index is 11.1. The predicted octanol–water partition coefficient (Wildman–Crippen LogP) is 0.803. The Kier molecular flexibility index (Phi) is 3.09. The molecule has 1 spiro atoms. The van der Waals surface area contributed by atoms with Gasteiger partial charge in [0, 0.05) is 32.2 Å². The van der Waals surface area contributed by atoms with E-state index in [9.17, 15) is 4.79 Å². The molecule has 0 radical (unpaired) electrons. The topological polar surface area (TPSA) is 38.8 Å². The number of hydrogen-bond acceptors (Lipinski definition) is 4. The van der Waals surface area contributed by atoms with Crippen molar-refractivity contribution < 1.29 is 14.3 Å². The van der Waals surface area contributed by atoms with E-state index < -0.39 is 5.79 Å². The molecule has 0 bridgehead atoms. The molecule has 0 aromatic heterocycles. The van der Waals surface area contributed by atoms with E-state index in [2.05, 4.69) is 4.90 Å². The van der Waals surface area contributed by atoms with Crippen LogP contribution in [0.15, 0.2) is 0 Å². The Morgan fingerprint density at radius 2 is 2.07 bits per heavy atom. The van der Waals surface area contributed by atoms with E-state index >= 15 is 0 Å². The second-order valence-electron chi connectivity index (χ2n) is 4.76. The minimum atomic E-state index is -0.436. The third-order valence-electron chi connectivity index (χ3n) is 3.05. The van der Waals surface area contributed by atoms with Crippen molar-refractivity contribution in [2.75, 3.05) is 27.2 Å². The molecule has 1 saturated carbocycles. The van der Waals surface area contributed by atoms with Gasteiger partial charge in [-0.25, -0.2) is 0 Å². The number of carbonyl (C=O) groups is 1. The Morgan fingerprint density at radius 1 is 1.40 bits per heavy atom. The highest BCUT2D eigenvalue weighted by atomic mass is 16.7. The third kappa shape index (κ3) is 2.56. The molecule has 1 atom stereocenters. The monoisotopic (exact) mass is 213 g/mol. The van der Waals surface area contributed by atoms with Gasteiger partial charge in [-0.3, -0.25) is 4.79 Å². The summed E-state index contributed by atoms with van der Waals surface area (Å²) in [5.41, 5.74) is 0. The highest BCUT2D eigenvalue weighted by Crippen LogP contribution is 2.36. The highest BCUT2D eigenvalue weighted by Gasteiger charge is 2.43. The van der Waals surface area contributed by atoms with E-state index in [1.54, 1.807) is 0 Å². The maximum atomic E-state index is 11.1. The first-order chi connectivity index (χ1) is 7.10. The molecule has 0 aromatic carbocycles. The van der Waals surface area contributed by atoms with Crippen molar-refractivity contribution in [2.45, 2.75) is 37.6 Å². The fourth-order valence-electron chi connectivity index (χ4n) is 2.29. The summed E-state index contributed by atoms with van der Waals surface area (Å²) in [5, 5.41) is 0. The first-order valence-electron chi connectivity index (χ1n) is 5.58. The zero-order chi connectivity index (χ0) is 10.9. The number of rotatable bonds is 2. The Bertz CT molecular complexity index is 242. The second kappa shape index (κ2) is 4.20. The lowest BCUT2D eigenvalue weighted by Crippen LogP contribution is -2.37. The zero-order valence-corrected chi connectivity index (χ0v) is 9.49. The lowest BCUT2D eigenvalue weighted by atomic mass is 9.93. The fourth-order valence-corrected chi connectivity index (χ4v) is 2.29. The number of Topliss-reactive ketones (excluding diaryl/α,β-unsaturated/α-hetero) is 1. The fraction of sp³-hybridized carbons (Fsp3) is 0.909. The van der Waals surface area contributed by atoms with Crippen molar-refractivity contribution >= 4 is 5.78 Å². The van der Waals surface area contributed by atoms with Gasteiger partial charge in [0.05, 0.1) is 12.7 Å². The Balaban J connectivity index is 1.88. The van der Waals surface area contributed by atoms with Gasteiger partial charge in [0.25, 0.3) is 0 Å². The molecule has 1 saturated heterocycles. The van der Waals surface area contributed by atoms with Crippen LogP contribution in [0.1, 0.15) is 25.7 Å². The average Bonchev–Trinajstić information content (AvgIpc) is 2.54. The van der Waals surface area contributed by atoms with Crippen LogP contribution in [-0.2, 0) is 14.3 Å². The molecule has 1 aliphatic heterocycles. The number of likely N-dealkylation sites (N-methyl/N-ethyl adjacent to an activating group) is 1. The molecule has 2 rings (SSSR count). The van der Waals surface area contributed by atoms with Gasteiger partial charge in [0.15, 0.2) is 5.79 Å². The number of ether oxygens (including phenoxy) is 2. The summed E-state index contributed by atoms with van der Waals surface area (Å²) in [6.07, 6.45) is 2.84. The number of ketones is 1. The van der Waals surface area contributed by atoms with Crippen LogP contribution in [0.2, 0.25) is 0 Å². The molecule has 2 fully saturated rings. The van der Waals surface area contributed by atoms with Crippen LogP contribution in [0, 0.1) is 0 Å². The molecule has 1 unspecified atom stereocenters. The zero-order valence-electron chi connectivity index (χ0n) is 9.49. The molecule has 0 N–H and O–H groups in total. The predicted molar refractivity (Wildman–Crippen MR) is 55.6 cm³/mol. The van der Waals surface area contributed by atoms with E-state index in [0.717, 1.165) is 19.4 Å². The van der Waals surface area contributed by atoms with Gasteiger partial charge >= 0.3 is 0 Å². The molecular weight excluding hydrogens is 194 g/mol. The number of carbonyl (C=O) groups excluding carboxylic acids is 1. The van der Waals surface area contributed by atoms with E-state index in [0.29, 0.717) is 25.2 Å². The summed E-state index contributed by atoms with van der Waals surface area (Å²) in [6, 6.07) is 0. The first-order valence-corrected chi connectivity index (χ1v) is 5.58. The SMILES string of the molecule is CN(C)CC1COC2(CCC(=O)CC2)O1. The molecule has 4 heteroatoms. The molecule has 1 heterocycles. The largest absolute Gasteiger partial charge is 0.347 e. The summed E-state index contributed by atoms with van der Waals surface area (Å²) in [6.45, 7) is 1.54. The summed E-state index contributed by atoms with van der Waals surface area (Å²) >= 11 is 0. The average molecular weight is 213 g/mol. The second-order valence-corrected chi connectivity index (χ2v) is 4.76. The van der Waals surface area contributed by atoms with Crippen molar-refractivity contribution in [1.29, 1.82) is 0 Å². The van der Waals surface area contributed by atoms with E-state index in [4.69, 9.17) is 9.47 Å². The third-order valence-corrected chi connectivity index (χ3v) is 3.05. The molecule has 1 aliphatic carbocycles. The highest BCUT2D eigenvalue weighted by molar-refractivity contribution is 5.79. The van der Waals surface area contributed by atoms with Crippen molar-refractivity contribution in [2.24, 2.45) is 0 Å². The Labute approximate surface area is 90.5 Å². The standard InChI is InChI=1S/C11H19NO3/c1-12(2)7-10-8-14-11(15-10)5-3-9(13)4-6-11/h10H,3-8H2,1-2H3. The summed E-state index contributed by atoms with van der Waals surface area (Å²) in [7, 11) is 4.05. The van der Waals surface area contributed by atoms with Crippen LogP contribution in [0.5, 0.6) is 0 Å². The number of nitrogens with zero attached hydrogens (tertiary/aromatic N) is 1. The minimum absolute atomic E-state index is 0.160. The molecule has 15 heavy (non-hydrogen) atoms. The molecule has 4 nitrogen and oxygen atoms in total. The molecule has 2 aliphatic rings. The van der Waals surface area contributed by atoms with Crippen LogP contribution in [0.4, 0.5) is 0 Å². The van der Waals surface area contributed by atoms with Gasteiger partial charge in [-0.15, -0.1) is 0 Å². The molecular formula is C11H19NO3. The Morgan fingerprint density at radius 3 is 2.67 bits per heavy atom. The van der Waals surface area contributed by atoms with E-state index in [1.807, 2.05) is 14.1 Å². The lowest BCUT2D eigenvalue weighted by molar-refractivity contribution is -0.189. The van der Waals surface area contributed by atoms with E-state index in [-0.39, 0.29) is 6.10 Å². The molecule has 86 valence electrons. The normalized spacial score (nSPS) is 30.3. The van der Waals surface area contributed by atoms with Crippen molar-refractivity contribution in [3.8, 4) is 0 Å². The van der Waals surface area contributed by atoms with Gasteiger partial charge in [-0.2, -0.15) is 0 Å². The van der Waals surface area contributed by atoms with Crippen LogP contribution in [0.3, 0.4) is 0 Å².